The van der Waals surface area contributed by atoms with E-state index in [0.29, 0.717) is 6.54 Å². The molecule has 1 aliphatic carbocycles. The Morgan fingerprint density at radius 2 is 2.33 bits per heavy atom. The summed E-state index contributed by atoms with van der Waals surface area (Å²) in [5, 5.41) is 9.28. The summed E-state index contributed by atoms with van der Waals surface area (Å²) in [5.74, 6) is -0.637. The number of carboxylic acid groups (broad SMARTS) is 1. The quantitative estimate of drug-likeness (QED) is 0.834. The van der Waals surface area contributed by atoms with Gasteiger partial charge in [-0.05, 0) is 37.9 Å². The highest BCUT2D eigenvalue weighted by molar-refractivity contribution is 5.76. The standard InChI is InChI=1S/C14H20N2O2/c1-16(9-5-12-4-2-8-15-10-12)11-14(13(17)18)6-3-7-14/h2,4,8,10H,3,5-7,9,11H2,1H3,(H,17,18). The first-order valence-electron chi connectivity index (χ1n) is 6.43. The van der Waals surface area contributed by atoms with Gasteiger partial charge in [-0.3, -0.25) is 9.78 Å². The Balaban J connectivity index is 1.82. The monoisotopic (exact) mass is 248 g/mol. The van der Waals surface area contributed by atoms with Crippen molar-refractivity contribution in [1.82, 2.24) is 9.88 Å². The predicted molar refractivity (Wildman–Crippen MR) is 69.4 cm³/mol. The Morgan fingerprint density at radius 1 is 1.56 bits per heavy atom. The molecule has 1 fully saturated rings. The molecule has 1 aliphatic rings. The first-order chi connectivity index (χ1) is 8.62. The van der Waals surface area contributed by atoms with Gasteiger partial charge in [0.05, 0.1) is 5.41 Å². The predicted octanol–water partition coefficient (Wildman–Crippen LogP) is 1.81. The lowest BCUT2D eigenvalue weighted by Gasteiger charge is -2.40. The van der Waals surface area contributed by atoms with Gasteiger partial charge in [-0.25, -0.2) is 0 Å². The Hall–Kier alpha value is -1.42. The molecule has 4 heteroatoms. The topological polar surface area (TPSA) is 53.4 Å². The van der Waals surface area contributed by atoms with Crippen LogP contribution in [-0.4, -0.2) is 41.1 Å². The molecule has 0 aliphatic heterocycles. The van der Waals surface area contributed by atoms with Crippen molar-refractivity contribution >= 4 is 5.97 Å². The van der Waals surface area contributed by atoms with E-state index in [0.717, 1.165) is 32.2 Å². The lowest BCUT2D eigenvalue weighted by atomic mass is 9.68. The summed E-state index contributed by atoms with van der Waals surface area (Å²) in [4.78, 5) is 17.5. The molecule has 1 aromatic rings. The Morgan fingerprint density at radius 3 is 2.83 bits per heavy atom. The number of nitrogens with zero attached hydrogens (tertiary/aromatic N) is 2. The Bertz CT molecular complexity index is 402. The molecule has 4 nitrogen and oxygen atoms in total. The molecule has 0 unspecified atom stereocenters. The molecule has 1 N–H and O–H groups in total. The van der Waals surface area contributed by atoms with Gasteiger partial charge in [0.25, 0.3) is 0 Å². The third kappa shape index (κ3) is 2.88. The molecular formula is C14H20N2O2. The van der Waals surface area contributed by atoms with Crippen LogP contribution in [0.1, 0.15) is 24.8 Å². The lowest BCUT2D eigenvalue weighted by Crippen LogP contribution is -2.47. The van der Waals surface area contributed by atoms with E-state index in [1.54, 1.807) is 6.20 Å². The van der Waals surface area contributed by atoms with E-state index in [-0.39, 0.29) is 0 Å². The fourth-order valence-electron chi connectivity index (χ4n) is 2.50. The van der Waals surface area contributed by atoms with Crippen LogP contribution < -0.4 is 0 Å². The average Bonchev–Trinajstić information content (AvgIpc) is 2.32. The van der Waals surface area contributed by atoms with Crippen LogP contribution in [0.25, 0.3) is 0 Å². The maximum atomic E-state index is 11.3. The Kier molecular flexibility index (Phi) is 3.97. The summed E-state index contributed by atoms with van der Waals surface area (Å²) in [6, 6.07) is 3.98. The second-order valence-corrected chi connectivity index (χ2v) is 5.29. The molecule has 1 saturated carbocycles. The fourth-order valence-corrected chi connectivity index (χ4v) is 2.50. The number of hydrogen-bond donors (Lipinski definition) is 1. The molecule has 1 aromatic heterocycles. The molecule has 0 spiro atoms. The van der Waals surface area contributed by atoms with E-state index in [4.69, 9.17) is 0 Å². The number of carboxylic acids is 1. The van der Waals surface area contributed by atoms with Gasteiger partial charge in [0.1, 0.15) is 0 Å². The normalized spacial score (nSPS) is 17.4. The maximum Gasteiger partial charge on any atom is 0.310 e. The molecule has 0 radical (unpaired) electrons. The number of rotatable bonds is 6. The van der Waals surface area contributed by atoms with Crippen LogP contribution in [0, 0.1) is 5.41 Å². The summed E-state index contributed by atoms with van der Waals surface area (Å²) < 4.78 is 0. The van der Waals surface area contributed by atoms with E-state index in [2.05, 4.69) is 16.0 Å². The zero-order valence-corrected chi connectivity index (χ0v) is 10.8. The molecule has 2 rings (SSSR count). The Labute approximate surface area is 108 Å². The van der Waals surface area contributed by atoms with Crippen LogP contribution in [0.4, 0.5) is 0 Å². The van der Waals surface area contributed by atoms with E-state index in [1.165, 1.54) is 5.56 Å². The van der Waals surface area contributed by atoms with Crippen molar-refractivity contribution < 1.29 is 9.90 Å². The van der Waals surface area contributed by atoms with Crippen LogP contribution in [-0.2, 0) is 11.2 Å². The van der Waals surface area contributed by atoms with Crippen molar-refractivity contribution in [3.63, 3.8) is 0 Å². The number of likely N-dealkylation sites (N-methyl/N-ethyl adjacent to an activating group) is 1. The molecule has 18 heavy (non-hydrogen) atoms. The van der Waals surface area contributed by atoms with Gasteiger partial charge < -0.3 is 10.0 Å². The minimum atomic E-state index is -0.637. The van der Waals surface area contributed by atoms with Gasteiger partial charge in [0.2, 0.25) is 0 Å². The zero-order valence-electron chi connectivity index (χ0n) is 10.8. The second kappa shape index (κ2) is 5.48. The highest BCUT2D eigenvalue weighted by atomic mass is 16.4. The molecule has 0 atom stereocenters. The first-order valence-corrected chi connectivity index (χ1v) is 6.43. The van der Waals surface area contributed by atoms with E-state index in [9.17, 15) is 9.90 Å². The molecule has 0 bridgehead atoms. The van der Waals surface area contributed by atoms with Crippen molar-refractivity contribution in [2.75, 3.05) is 20.1 Å². The van der Waals surface area contributed by atoms with Crippen molar-refractivity contribution in [1.29, 1.82) is 0 Å². The van der Waals surface area contributed by atoms with Crippen LogP contribution in [0.5, 0.6) is 0 Å². The van der Waals surface area contributed by atoms with Crippen LogP contribution >= 0.6 is 0 Å². The molecule has 0 amide bonds. The van der Waals surface area contributed by atoms with Crippen molar-refractivity contribution in [2.45, 2.75) is 25.7 Å². The van der Waals surface area contributed by atoms with Gasteiger partial charge >= 0.3 is 5.97 Å². The highest BCUT2D eigenvalue weighted by Gasteiger charge is 2.44. The van der Waals surface area contributed by atoms with Gasteiger partial charge in [-0.1, -0.05) is 12.5 Å². The van der Waals surface area contributed by atoms with E-state index in [1.807, 2.05) is 19.3 Å². The maximum absolute atomic E-state index is 11.3. The van der Waals surface area contributed by atoms with Crippen molar-refractivity contribution in [3.05, 3.63) is 30.1 Å². The number of hydrogen-bond acceptors (Lipinski definition) is 3. The van der Waals surface area contributed by atoms with Crippen LogP contribution in [0.3, 0.4) is 0 Å². The minimum Gasteiger partial charge on any atom is -0.481 e. The largest absolute Gasteiger partial charge is 0.481 e. The third-order valence-electron chi connectivity index (χ3n) is 3.84. The second-order valence-electron chi connectivity index (χ2n) is 5.29. The van der Waals surface area contributed by atoms with Gasteiger partial charge in [0, 0.05) is 25.5 Å². The SMILES string of the molecule is CN(CCc1cccnc1)CC1(C(=O)O)CCC1. The van der Waals surface area contributed by atoms with Gasteiger partial charge in [-0.2, -0.15) is 0 Å². The smallest absolute Gasteiger partial charge is 0.310 e. The van der Waals surface area contributed by atoms with Crippen LogP contribution in [0.2, 0.25) is 0 Å². The number of aromatic nitrogens is 1. The summed E-state index contributed by atoms with van der Waals surface area (Å²) >= 11 is 0. The van der Waals surface area contributed by atoms with Crippen LogP contribution in [0.15, 0.2) is 24.5 Å². The summed E-state index contributed by atoms with van der Waals surface area (Å²) in [5.41, 5.74) is 0.714. The molecule has 1 heterocycles. The third-order valence-corrected chi connectivity index (χ3v) is 3.84. The first kappa shape index (κ1) is 13.0. The highest BCUT2D eigenvalue weighted by Crippen LogP contribution is 2.41. The fraction of sp³-hybridized carbons (Fsp3) is 0.571. The molecule has 0 aromatic carbocycles. The minimum absolute atomic E-state index is 0.482. The molecular weight excluding hydrogens is 228 g/mol. The van der Waals surface area contributed by atoms with Crippen molar-refractivity contribution in [2.24, 2.45) is 5.41 Å². The zero-order chi connectivity index (χ0) is 13.0. The summed E-state index contributed by atoms with van der Waals surface area (Å²) in [6.07, 6.45) is 7.23. The summed E-state index contributed by atoms with van der Waals surface area (Å²) in [7, 11) is 2.00. The van der Waals surface area contributed by atoms with E-state index >= 15 is 0 Å². The molecule has 98 valence electrons. The van der Waals surface area contributed by atoms with Gasteiger partial charge in [0.15, 0.2) is 0 Å². The summed E-state index contributed by atoms with van der Waals surface area (Å²) in [6.45, 7) is 1.53. The number of pyridine rings is 1. The average molecular weight is 248 g/mol. The lowest BCUT2D eigenvalue weighted by molar-refractivity contribution is -0.156. The van der Waals surface area contributed by atoms with Gasteiger partial charge in [-0.15, -0.1) is 0 Å². The molecule has 0 saturated heterocycles. The number of aliphatic carboxylic acids is 1. The number of carbonyl (C=O) groups is 1. The van der Waals surface area contributed by atoms with E-state index < -0.39 is 11.4 Å². The van der Waals surface area contributed by atoms with Crippen molar-refractivity contribution in [3.8, 4) is 0 Å².